The fourth-order valence-corrected chi connectivity index (χ4v) is 2.35. The van der Waals surface area contributed by atoms with Gasteiger partial charge < -0.3 is 14.7 Å². The quantitative estimate of drug-likeness (QED) is 0.849. The molecule has 1 unspecified atom stereocenters. The summed E-state index contributed by atoms with van der Waals surface area (Å²) in [5, 5.41) is 9.61. The zero-order valence-electron chi connectivity index (χ0n) is 14.3. The van der Waals surface area contributed by atoms with Crippen LogP contribution in [-0.4, -0.2) is 39.6 Å². The van der Waals surface area contributed by atoms with Crippen LogP contribution >= 0.6 is 0 Å². The topological polar surface area (TPSA) is 62.7 Å². The van der Waals surface area contributed by atoms with Gasteiger partial charge in [-0.3, -0.25) is 9.78 Å². The van der Waals surface area contributed by atoms with Gasteiger partial charge in [0.15, 0.2) is 0 Å². The van der Waals surface area contributed by atoms with Crippen LogP contribution in [0, 0.1) is 0 Å². The van der Waals surface area contributed by atoms with E-state index in [1.54, 1.807) is 42.4 Å². The lowest BCUT2D eigenvalue weighted by molar-refractivity contribution is 0.0578. The minimum absolute atomic E-state index is 0.00654. The molecule has 5 heteroatoms. The Morgan fingerprint density at radius 2 is 2.04 bits per heavy atom. The summed E-state index contributed by atoms with van der Waals surface area (Å²) in [4.78, 5) is 18.4. The van der Waals surface area contributed by atoms with Gasteiger partial charge in [0, 0.05) is 36.1 Å². The van der Waals surface area contributed by atoms with E-state index in [1.165, 1.54) is 0 Å². The minimum Gasteiger partial charge on any atom is -0.489 e. The van der Waals surface area contributed by atoms with Gasteiger partial charge in [-0.15, -0.1) is 0 Å². The van der Waals surface area contributed by atoms with Crippen LogP contribution in [0.2, 0.25) is 0 Å². The van der Waals surface area contributed by atoms with Crippen LogP contribution in [-0.2, 0) is 6.61 Å². The van der Waals surface area contributed by atoms with E-state index >= 15 is 0 Å². The molecule has 0 saturated heterocycles. The molecule has 0 aliphatic heterocycles. The normalized spacial score (nSPS) is 12.0. The third-order valence-electron chi connectivity index (χ3n) is 3.55. The fraction of sp³-hybridized carbons (Fsp3) is 0.368. The third-order valence-corrected chi connectivity index (χ3v) is 3.55. The van der Waals surface area contributed by atoms with Crippen molar-refractivity contribution < 1.29 is 14.6 Å². The van der Waals surface area contributed by atoms with Gasteiger partial charge in [-0.25, -0.2) is 0 Å². The molecule has 0 bridgehead atoms. The van der Waals surface area contributed by atoms with Crippen molar-refractivity contribution in [2.75, 3.05) is 6.54 Å². The molecule has 0 fully saturated rings. The number of carbonyl (C=O) groups excluding carboxylic acids is 1. The summed E-state index contributed by atoms with van der Waals surface area (Å²) in [6.07, 6.45) is 2.89. The number of hydrogen-bond acceptors (Lipinski definition) is 4. The Kier molecular flexibility index (Phi) is 6.32. The maximum absolute atomic E-state index is 12.7. The number of hydrogen-bond donors (Lipinski definition) is 1. The van der Waals surface area contributed by atoms with Crippen molar-refractivity contribution in [3.8, 4) is 5.75 Å². The molecule has 24 heavy (non-hydrogen) atoms. The van der Waals surface area contributed by atoms with Crippen LogP contribution in [0.4, 0.5) is 0 Å². The molecule has 1 N–H and O–H groups in total. The van der Waals surface area contributed by atoms with Gasteiger partial charge in [0.25, 0.3) is 5.91 Å². The molecule has 5 nitrogen and oxygen atoms in total. The Morgan fingerprint density at radius 3 is 2.67 bits per heavy atom. The van der Waals surface area contributed by atoms with Crippen LogP contribution in [0.3, 0.4) is 0 Å². The van der Waals surface area contributed by atoms with Crippen LogP contribution in [0.1, 0.15) is 36.7 Å². The zero-order chi connectivity index (χ0) is 17.5. The Labute approximate surface area is 142 Å². The molecule has 0 saturated carbocycles. The first kappa shape index (κ1) is 17.9. The summed E-state index contributed by atoms with van der Waals surface area (Å²) in [7, 11) is 0. The number of aliphatic hydroxyl groups is 1. The van der Waals surface area contributed by atoms with Gasteiger partial charge in [0.1, 0.15) is 12.4 Å². The molecule has 128 valence electrons. The van der Waals surface area contributed by atoms with E-state index in [1.807, 2.05) is 32.0 Å². The van der Waals surface area contributed by atoms with Crippen molar-refractivity contribution in [3.63, 3.8) is 0 Å². The van der Waals surface area contributed by atoms with E-state index in [-0.39, 0.29) is 11.9 Å². The number of aromatic nitrogens is 1. The average Bonchev–Trinajstić information content (AvgIpc) is 2.58. The summed E-state index contributed by atoms with van der Waals surface area (Å²) in [5.41, 5.74) is 1.51. The van der Waals surface area contributed by atoms with Crippen LogP contribution in [0.15, 0.2) is 48.8 Å². The first-order chi connectivity index (χ1) is 11.5. The number of nitrogens with zero attached hydrogens (tertiary/aromatic N) is 2. The highest BCUT2D eigenvalue weighted by atomic mass is 16.5. The van der Waals surface area contributed by atoms with Crippen LogP contribution in [0.5, 0.6) is 5.75 Å². The second-order valence-corrected chi connectivity index (χ2v) is 6.08. The summed E-state index contributed by atoms with van der Waals surface area (Å²) in [5.74, 6) is 0.517. The fourth-order valence-electron chi connectivity index (χ4n) is 2.35. The van der Waals surface area contributed by atoms with Gasteiger partial charge in [-0.05, 0) is 45.0 Å². The number of aliphatic hydroxyl groups excluding tert-OH is 1. The highest BCUT2D eigenvalue weighted by Gasteiger charge is 2.20. The first-order valence-electron chi connectivity index (χ1n) is 8.08. The first-order valence-corrected chi connectivity index (χ1v) is 8.08. The summed E-state index contributed by atoms with van der Waals surface area (Å²) in [6, 6.07) is 10.9. The standard InChI is InChI=1S/C19H24N2O3/c1-14(2)21(12-15(3)22)19(23)17-7-4-8-18(10-17)24-13-16-6-5-9-20-11-16/h4-11,14-15,22H,12-13H2,1-3H3. The van der Waals surface area contributed by atoms with Crippen LogP contribution in [0.25, 0.3) is 0 Å². The van der Waals surface area contributed by atoms with E-state index < -0.39 is 6.10 Å². The lowest BCUT2D eigenvalue weighted by Gasteiger charge is -2.28. The largest absolute Gasteiger partial charge is 0.489 e. The maximum atomic E-state index is 12.7. The molecule has 1 aromatic carbocycles. The van der Waals surface area contributed by atoms with Crippen LogP contribution < -0.4 is 4.74 Å². The molecule has 2 aromatic rings. The SMILES string of the molecule is CC(O)CN(C(=O)c1cccc(OCc2cccnc2)c1)C(C)C. The van der Waals surface area contributed by atoms with E-state index in [9.17, 15) is 9.90 Å². The van der Waals surface area contributed by atoms with E-state index in [0.717, 1.165) is 5.56 Å². The Balaban J connectivity index is 2.09. The van der Waals surface area contributed by atoms with Gasteiger partial charge in [0.2, 0.25) is 0 Å². The van der Waals surface area contributed by atoms with E-state index in [0.29, 0.717) is 24.5 Å². The average molecular weight is 328 g/mol. The molecule has 0 aliphatic rings. The van der Waals surface area contributed by atoms with Gasteiger partial charge in [-0.1, -0.05) is 12.1 Å². The summed E-state index contributed by atoms with van der Waals surface area (Å²) in [6.45, 7) is 6.24. The smallest absolute Gasteiger partial charge is 0.254 e. The number of ether oxygens (including phenoxy) is 1. The molecular formula is C19H24N2O3. The van der Waals surface area contributed by atoms with Crippen molar-refractivity contribution in [1.29, 1.82) is 0 Å². The monoisotopic (exact) mass is 328 g/mol. The molecular weight excluding hydrogens is 304 g/mol. The number of rotatable bonds is 7. The van der Waals surface area contributed by atoms with Gasteiger partial charge in [-0.2, -0.15) is 0 Å². The molecule has 0 radical (unpaired) electrons. The Hall–Kier alpha value is -2.40. The van der Waals surface area contributed by atoms with Crippen molar-refractivity contribution in [2.24, 2.45) is 0 Å². The highest BCUT2D eigenvalue weighted by Crippen LogP contribution is 2.17. The Bertz CT molecular complexity index is 657. The molecule has 1 aromatic heterocycles. The molecule has 2 rings (SSSR count). The minimum atomic E-state index is -0.568. The number of pyridine rings is 1. The van der Waals surface area contributed by atoms with E-state index in [4.69, 9.17) is 4.74 Å². The number of carbonyl (C=O) groups is 1. The van der Waals surface area contributed by atoms with Gasteiger partial charge in [0.05, 0.1) is 6.10 Å². The van der Waals surface area contributed by atoms with Crippen molar-refractivity contribution in [2.45, 2.75) is 39.5 Å². The van der Waals surface area contributed by atoms with Crippen molar-refractivity contribution in [1.82, 2.24) is 9.88 Å². The van der Waals surface area contributed by atoms with Gasteiger partial charge >= 0.3 is 0 Å². The summed E-state index contributed by atoms with van der Waals surface area (Å²) >= 11 is 0. The molecule has 0 spiro atoms. The highest BCUT2D eigenvalue weighted by molar-refractivity contribution is 5.94. The predicted octanol–water partition coefficient (Wildman–Crippen LogP) is 2.89. The second kappa shape index (κ2) is 8.45. The number of amides is 1. The molecule has 1 heterocycles. The lowest BCUT2D eigenvalue weighted by atomic mass is 10.1. The second-order valence-electron chi connectivity index (χ2n) is 6.08. The zero-order valence-corrected chi connectivity index (χ0v) is 14.3. The van der Waals surface area contributed by atoms with Crippen molar-refractivity contribution in [3.05, 3.63) is 59.9 Å². The maximum Gasteiger partial charge on any atom is 0.254 e. The lowest BCUT2D eigenvalue weighted by Crippen LogP contribution is -2.41. The molecule has 1 atom stereocenters. The molecule has 1 amide bonds. The van der Waals surface area contributed by atoms with E-state index in [2.05, 4.69) is 4.98 Å². The molecule has 0 aliphatic carbocycles. The third kappa shape index (κ3) is 5.06. The number of benzene rings is 1. The Morgan fingerprint density at radius 1 is 1.25 bits per heavy atom. The summed E-state index contributed by atoms with van der Waals surface area (Å²) < 4.78 is 5.74. The van der Waals surface area contributed by atoms with Crippen molar-refractivity contribution >= 4 is 5.91 Å². The predicted molar refractivity (Wildman–Crippen MR) is 92.9 cm³/mol.